The van der Waals surface area contributed by atoms with Gasteiger partial charge in [-0.05, 0) is 42.7 Å². The molecule has 0 radical (unpaired) electrons. The lowest BCUT2D eigenvalue weighted by Gasteiger charge is -2.36. The molecule has 0 atom stereocenters. The van der Waals surface area contributed by atoms with E-state index in [1.807, 2.05) is 24.4 Å². The summed E-state index contributed by atoms with van der Waals surface area (Å²) in [5.41, 5.74) is 1.93. The SMILES string of the molecule is O=C(CN1CCN(Cc2ccccn2)CC1)NC1(c2ccc3c(c2)OCCO3)CCCC1. The molecule has 1 amide bonds. The Balaban J connectivity index is 1.18. The summed E-state index contributed by atoms with van der Waals surface area (Å²) in [4.78, 5) is 22.2. The smallest absolute Gasteiger partial charge is 0.234 e. The molecule has 5 rings (SSSR count). The van der Waals surface area contributed by atoms with Crippen LogP contribution in [-0.4, -0.2) is 66.6 Å². The molecular formula is C25H32N4O3. The fraction of sp³-hybridized carbons (Fsp3) is 0.520. The molecule has 3 heterocycles. The molecule has 32 heavy (non-hydrogen) atoms. The summed E-state index contributed by atoms with van der Waals surface area (Å²) in [6.07, 6.45) is 6.03. The molecule has 2 aromatic rings. The van der Waals surface area contributed by atoms with Crippen molar-refractivity contribution < 1.29 is 14.3 Å². The summed E-state index contributed by atoms with van der Waals surface area (Å²) in [6.45, 7) is 6.19. The molecule has 3 aliphatic rings. The van der Waals surface area contributed by atoms with Crippen LogP contribution in [-0.2, 0) is 16.9 Å². The maximum absolute atomic E-state index is 13.1. The molecule has 7 nitrogen and oxygen atoms in total. The van der Waals surface area contributed by atoms with E-state index in [1.54, 1.807) is 0 Å². The molecule has 1 saturated carbocycles. The van der Waals surface area contributed by atoms with Gasteiger partial charge in [-0.2, -0.15) is 0 Å². The van der Waals surface area contributed by atoms with E-state index in [9.17, 15) is 4.79 Å². The normalized spacial score (nSPS) is 20.8. The number of amides is 1. The van der Waals surface area contributed by atoms with Crippen molar-refractivity contribution in [3.8, 4) is 11.5 Å². The highest BCUT2D eigenvalue weighted by molar-refractivity contribution is 5.79. The van der Waals surface area contributed by atoms with Crippen molar-refractivity contribution in [2.75, 3.05) is 45.9 Å². The fourth-order valence-corrected chi connectivity index (χ4v) is 5.14. The monoisotopic (exact) mass is 436 g/mol. The molecule has 0 spiro atoms. The van der Waals surface area contributed by atoms with Gasteiger partial charge in [0.2, 0.25) is 5.91 Å². The van der Waals surface area contributed by atoms with Gasteiger partial charge in [0.1, 0.15) is 13.2 Å². The highest BCUT2D eigenvalue weighted by Gasteiger charge is 2.38. The van der Waals surface area contributed by atoms with Crippen molar-refractivity contribution in [2.24, 2.45) is 0 Å². The lowest BCUT2D eigenvalue weighted by molar-refractivity contribution is -0.124. The first kappa shape index (κ1) is 21.2. The van der Waals surface area contributed by atoms with Crippen molar-refractivity contribution >= 4 is 5.91 Å². The predicted octanol–water partition coefficient (Wildman–Crippen LogP) is 2.56. The minimum Gasteiger partial charge on any atom is -0.486 e. The zero-order chi connectivity index (χ0) is 21.8. The summed E-state index contributed by atoms with van der Waals surface area (Å²) in [7, 11) is 0. The van der Waals surface area contributed by atoms with Gasteiger partial charge >= 0.3 is 0 Å². The van der Waals surface area contributed by atoms with Crippen LogP contribution in [0.15, 0.2) is 42.6 Å². The first-order valence-corrected chi connectivity index (χ1v) is 11.8. The standard InChI is InChI=1S/C25H32N4O3/c30-24(19-29-13-11-28(12-14-29)18-21-5-1-4-10-26-21)27-25(8-2-3-9-25)20-6-7-22-23(17-20)32-16-15-31-22/h1,4-7,10,17H,2-3,8-9,11-16,18-19H2,(H,27,30). The molecule has 170 valence electrons. The molecule has 1 aromatic heterocycles. The zero-order valence-electron chi connectivity index (χ0n) is 18.6. The number of ether oxygens (including phenoxy) is 2. The molecule has 0 unspecified atom stereocenters. The molecule has 1 saturated heterocycles. The second-order valence-electron chi connectivity index (χ2n) is 9.07. The number of carbonyl (C=O) groups excluding carboxylic acids is 1. The van der Waals surface area contributed by atoms with E-state index in [-0.39, 0.29) is 11.4 Å². The van der Waals surface area contributed by atoms with E-state index < -0.39 is 0 Å². The third kappa shape index (κ3) is 4.74. The first-order chi connectivity index (χ1) is 15.7. The molecule has 0 bridgehead atoms. The van der Waals surface area contributed by atoms with Crippen molar-refractivity contribution in [1.29, 1.82) is 0 Å². The molecule has 1 aliphatic carbocycles. The maximum Gasteiger partial charge on any atom is 0.234 e. The van der Waals surface area contributed by atoms with E-state index in [0.29, 0.717) is 19.8 Å². The highest BCUT2D eigenvalue weighted by atomic mass is 16.6. The van der Waals surface area contributed by atoms with Crippen molar-refractivity contribution in [1.82, 2.24) is 20.1 Å². The van der Waals surface area contributed by atoms with Gasteiger partial charge in [-0.1, -0.05) is 25.0 Å². The van der Waals surface area contributed by atoms with Crippen LogP contribution in [0.5, 0.6) is 11.5 Å². The van der Waals surface area contributed by atoms with Crippen LogP contribution in [0.1, 0.15) is 36.9 Å². The Morgan fingerprint density at radius 1 is 0.969 bits per heavy atom. The van der Waals surface area contributed by atoms with Crippen molar-refractivity contribution in [3.63, 3.8) is 0 Å². The number of nitrogens with one attached hydrogen (secondary N) is 1. The topological polar surface area (TPSA) is 66.9 Å². The summed E-state index contributed by atoms with van der Waals surface area (Å²) in [5.74, 6) is 1.70. The quantitative estimate of drug-likeness (QED) is 0.751. The van der Waals surface area contributed by atoms with Gasteiger partial charge in [-0.15, -0.1) is 0 Å². The molecule has 1 N–H and O–H groups in total. The van der Waals surface area contributed by atoms with E-state index in [4.69, 9.17) is 9.47 Å². The van der Waals surface area contributed by atoms with Gasteiger partial charge in [-0.25, -0.2) is 0 Å². The predicted molar refractivity (Wildman–Crippen MR) is 122 cm³/mol. The Labute approximate surface area is 189 Å². The molecule has 7 heteroatoms. The van der Waals surface area contributed by atoms with E-state index in [1.165, 1.54) is 0 Å². The Hall–Kier alpha value is -2.64. The summed E-state index contributed by atoms with van der Waals surface area (Å²) in [5, 5.41) is 3.41. The highest BCUT2D eigenvalue weighted by Crippen LogP contribution is 2.42. The Morgan fingerprint density at radius 2 is 1.72 bits per heavy atom. The van der Waals surface area contributed by atoms with Gasteiger partial charge in [0.15, 0.2) is 11.5 Å². The Bertz CT molecular complexity index is 922. The number of carbonyl (C=O) groups is 1. The van der Waals surface area contributed by atoms with Crippen LogP contribution in [0.2, 0.25) is 0 Å². The van der Waals surface area contributed by atoms with Crippen LogP contribution in [0.25, 0.3) is 0 Å². The van der Waals surface area contributed by atoms with Gasteiger partial charge < -0.3 is 14.8 Å². The number of benzene rings is 1. The number of hydrogen-bond donors (Lipinski definition) is 1. The second-order valence-corrected chi connectivity index (χ2v) is 9.07. The largest absolute Gasteiger partial charge is 0.486 e. The summed E-state index contributed by atoms with van der Waals surface area (Å²) >= 11 is 0. The van der Waals surface area contributed by atoms with E-state index in [0.717, 1.165) is 81.2 Å². The second kappa shape index (κ2) is 9.46. The Morgan fingerprint density at radius 3 is 2.47 bits per heavy atom. The minimum absolute atomic E-state index is 0.111. The number of aromatic nitrogens is 1. The van der Waals surface area contributed by atoms with Gasteiger partial charge in [0.05, 0.1) is 17.8 Å². The van der Waals surface area contributed by atoms with E-state index >= 15 is 0 Å². The molecule has 2 aliphatic heterocycles. The van der Waals surface area contributed by atoms with Crippen LogP contribution < -0.4 is 14.8 Å². The maximum atomic E-state index is 13.1. The number of fused-ring (bicyclic) bond motifs is 1. The average molecular weight is 437 g/mol. The molecule has 2 fully saturated rings. The lowest BCUT2D eigenvalue weighted by atomic mass is 9.87. The number of hydrogen-bond acceptors (Lipinski definition) is 6. The average Bonchev–Trinajstić information content (AvgIpc) is 3.30. The van der Waals surface area contributed by atoms with Crippen LogP contribution >= 0.6 is 0 Å². The van der Waals surface area contributed by atoms with Gasteiger partial charge in [0, 0.05) is 38.9 Å². The minimum atomic E-state index is -0.298. The fourth-order valence-electron chi connectivity index (χ4n) is 5.14. The number of piperazine rings is 1. The lowest BCUT2D eigenvalue weighted by Crippen LogP contribution is -2.52. The van der Waals surface area contributed by atoms with Crippen molar-refractivity contribution in [3.05, 3.63) is 53.9 Å². The van der Waals surface area contributed by atoms with Crippen LogP contribution in [0, 0.1) is 0 Å². The first-order valence-electron chi connectivity index (χ1n) is 11.8. The van der Waals surface area contributed by atoms with Gasteiger partial charge in [-0.3, -0.25) is 19.6 Å². The summed E-state index contributed by atoms with van der Waals surface area (Å²) in [6, 6.07) is 12.2. The number of nitrogens with zero attached hydrogens (tertiary/aromatic N) is 3. The molecule has 1 aromatic carbocycles. The third-order valence-corrected chi connectivity index (χ3v) is 6.87. The number of rotatable bonds is 6. The Kier molecular flexibility index (Phi) is 6.28. The molecular weight excluding hydrogens is 404 g/mol. The van der Waals surface area contributed by atoms with E-state index in [2.05, 4.69) is 38.3 Å². The van der Waals surface area contributed by atoms with Crippen LogP contribution in [0.3, 0.4) is 0 Å². The van der Waals surface area contributed by atoms with Gasteiger partial charge in [0.25, 0.3) is 0 Å². The zero-order valence-corrected chi connectivity index (χ0v) is 18.6. The third-order valence-electron chi connectivity index (χ3n) is 6.87. The summed E-state index contributed by atoms with van der Waals surface area (Å²) < 4.78 is 11.5. The van der Waals surface area contributed by atoms with Crippen molar-refractivity contribution in [2.45, 2.75) is 37.8 Å². The van der Waals surface area contributed by atoms with Crippen LogP contribution in [0.4, 0.5) is 0 Å². The number of pyridine rings is 1.